The molecule has 0 fully saturated rings. The molecule has 0 atom stereocenters. The molecule has 0 aliphatic rings. The van der Waals surface area contributed by atoms with Crippen LogP contribution in [0.3, 0.4) is 0 Å². The molecule has 0 saturated heterocycles. The summed E-state index contributed by atoms with van der Waals surface area (Å²) in [6.07, 6.45) is 0. The van der Waals surface area contributed by atoms with Crippen LogP contribution in [0.15, 0.2) is 243 Å². The van der Waals surface area contributed by atoms with Crippen molar-refractivity contribution >= 4 is 43.6 Å². The van der Waals surface area contributed by atoms with E-state index in [1.807, 2.05) is 0 Å². The van der Waals surface area contributed by atoms with E-state index in [9.17, 15) is 0 Å². The highest BCUT2D eigenvalue weighted by Gasteiger charge is 2.29. The Hall–Kier alpha value is -9.00. The number of aromatic nitrogens is 6. The fraction of sp³-hybridized carbons (Fsp3) is 0. The molecular weight excluding hydrogens is 805 g/mol. The third-order valence-electron chi connectivity index (χ3n) is 12.8. The van der Waals surface area contributed by atoms with Crippen molar-refractivity contribution in [2.75, 3.05) is 0 Å². The lowest BCUT2D eigenvalue weighted by atomic mass is 10.1. The first-order chi connectivity index (χ1) is 32.8. The summed E-state index contributed by atoms with van der Waals surface area (Å²) < 4.78 is 9.50. The van der Waals surface area contributed by atoms with Gasteiger partial charge in [0.05, 0.1) is 44.8 Å². The Balaban J connectivity index is 1.19. The minimum atomic E-state index is 0.852. The van der Waals surface area contributed by atoms with Crippen LogP contribution in [-0.2, 0) is 0 Å². The van der Waals surface area contributed by atoms with E-state index >= 15 is 0 Å². The molecule has 4 aromatic heterocycles. The summed E-state index contributed by atoms with van der Waals surface area (Å²) in [5.74, 6) is 1.70. The van der Waals surface area contributed by atoms with E-state index in [4.69, 9.17) is 9.97 Å². The van der Waals surface area contributed by atoms with E-state index in [0.717, 1.165) is 111 Å². The van der Waals surface area contributed by atoms with Crippen molar-refractivity contribution in [3.05, 3.63) is 243 Å². The van der Waals surface area contributed by atoms with Crippen molar-refractivity contribution < 1.29 is 0 Å². The second kappa shape index (κ2) is 15.4. The number of benzene rings is 9. The van der Waals surface area contributed by atoms with E-state index in [0.29, 0.717) is 0 Å². The number of imidazole rings is 2. The van der Waals surface area contributed by atoms with Crippen LogP contribution in [-0.4, -0.2) is 28.7 Å². The quantitative estimate of drug-likeness (QED) is 0.153. The monoisotopic (exact) mass is 844 g/mol. The highest BCUT2D eigenvalue weighted by Crippen LogP contribution is 2.45. The zero-order chi connectivity index (χ0) is 43.6. The average molecular weight is 845 g/mol. The first kappa shape index (κ1) is 37.5. The zero-order valence-corrected chi connectivity index (χ0v) is 35.8. The fourth-order valence-electron chi connectivity index (χ4n) is 9.98. The van der Waals surface area contributed by atoms with Gasteiger partial charge in [0.15, 0.2) is 11.6 Å². The molecule has 0 N–H and O–H groups in total. The van der Waals surface area contributed by atoms with Crippen LogP contribution in [0.1, 0.15) is 0 Å². The van der Waals surface area contributed by atoms with Gasteiger partial charge in [-0.2, -0.15) is 0 Å². The van der Waals surface area contributed by atoms with Crippen LogP contribution in [0.25, 0.3) is 111 Å². The number of fused-ring (bicyclic) bond motifs is 7. The lowest BCUT2D eigenvalue weighted by Gasteiger charge is -2.18. The second-order valence-electron chi connectivity index (χ2n) is 16.6. The molecule has 6 heteroatoms. The minimum Gasteiger partial charge on any atom is -0.246 e. The first-order valence-corrected chi connectivity index (χ1v) is 22.4. The van der Waals surface area contributed by atoms with Gasteiger partial charge in [0.1, 0.15) is 0 Å². The zero-order valence-electron chi connectivity index (χ0n) is 35.8. The standard InChI is InChI=1S/C60H40N6/c1-7-23-41(24-8-1)55-57(43-27-11-3-12-28-43)65(59(61-55)45-31-15-5-16-32-45)63-49-37-21-19-35-47(49)53-51(63)39-40-52-54(53)48-36-20-22-38-50(48)64(52)66-58(44-29-13-4-14-30-44)56(42-25-9-2-10-26-42)62-60(66)46-33-17-6-18-34-46/h1-40H. The molecule has 0 aliphatic carbocycles. The summed E-state index contributed by atoms with van der Waals surface area (Å²) in [4.78, 5) is 11.2. The van der Waals surface area contributed by atoms with Gasteiger partial charge >= 0.3 is 0 Å². The van der Waals surface area contributed by atoms with Gasteiger partial charge in [-0.25, -0.2) is 28.7 Å². The number of hydrogen-bond acceptors (Lipinski definition) is 2. The lowest BCUT2D eigenvalue weighted by molar-refractivity contribution is 0.725. The van der Waals surface area contributed by atoms with E-state index in [2.05, 4.69) is 261 Å². The Morgan fingerprint density at radius 1 is 0.227 bits per heavy atom. The van der Waals surface area contributed by atoms with Gasteiger partial charge in [-0.3, -0.25) is 0 Å². The molecule has 0 amide bonds. The maximum absolute atomic E-state index is 5.58. The predicted molar refractivity (Wildman–Crippen MR) is 271 cm³/mol. The summed E-state index contributed by atoms with van der Waals surface area (Å²) in [5.41, 5.74) is 14.5. The molecule has 0 saturated carbocycles. The minimum absolute atomic E-state index is 0.852. The number of nitrogens with zero attached hydrogens (tertiary/aromatic N) is 6. The Kier molecular flexibility index (Phi) is 8.74. The normalized spacial score (nSPS) is 11.6. The van der Waals surface area contributed by atoms with Gasteiger partial charge in [-0.1, -0.05) is 218 Å². The topological polar surface area (TPSA) is 45.5 Å². The third kappa shape index (κ3) is 5.82. The summed E-state index contributed by atoms with van der Waals surface area (Å²) in [5, 5.41) is 4.63. The van der Waals surface area contributed by atoms with Crippen LogP contribution < -0.4 is 0 Å². The van der Waals surface area contributed by atoms with Crippen LogP contribution in [0.5, 0.6) is 0 Å². The summed E-state index contributed by atoms with van der Waals surface area (Å²) in [6, 6.07) is 85.9. The largest absolute Gasteiger partial charge is 0.246 e. The average Bonchev–Trinajstić information content (AvgIpc) is 4.16. The summed E-state index contributed by atoms with van der Waals surface area (Å²) in [7, 11) is 0. The smallest absolute Gasteiger partial charge is 0.160 e. The van der Waals surface area contributed by atoms with Gasteiger partial charge < -0.3 is 0 Å². The predicted octanol–water partition coefficient (Wildman–Crippen LogP) is 14.9. The van der Waals surface area contributed by atoms with E-state index in [-0.39, 0.29) is 0 Å². The van der Waals surface area contributed by atoms with Gasteiger partial charge in [0.2, 0.25) is 0 Å². The molecule has 0 spiro atoms. The highest BCUT2D eigenvalue weighted by molar-refractivity contribution is 6.28. The molecule has 0 radical (unpaired) electrons. The van der Waals surface area contributed by atoms with Gasteiger partial charge in [-0.15, -0.1) is 0 Å². The number of rotatable bonds is 8. The molecule has 9 aromatic carbocycles. The van der Waals surface area contributed by atoms with Crippen LogP contribution >= 0.6 is 0 Å². The Labute approximate surface area is 381 Å². The molecule has 66 heavy (non-hydrogen) atoms. The molecule has 6 nitrogen and oxygen atoms in total. The summed E-state index contributed by atoms with van der Waals surface area (Å²) >= 11 is 0. The fourth-order valence-corrected chi connectivity index (χ4v) is 9.98. The van der Waals surface area contributed by atoms with Crippen molar-refractivity contribution in [1.29, 1.82) is 0 Å². The van der Waals surface area contributed by atoms with Crippen molar-refractivity contribution in [3.63, 3.8) is 0 Å². The maximum atomic E-state index is 5.58. The second-order valence-corrected chi connectivity index (χ2v) is 16.6. The molecule has 0 bridgehead atoms. The van der Waals surface area contributed by atoms with Gasteiger partial charge in [-0.05, 0) is 24.3 Å². The van der Waals surface area contributed by atoms with Crippen molar-refractivity contribution in [2.24, 2.45) is 0 Å². The van der Waals surface area contributed by atoms with Gasteiger partial charge in [0, 0.05) is 54.9 Å². The molecule has 0 aliphatic heterocycles. The van der Waals surface area contributed by atoms with E-state index in [1.54, 1.807) is 0 Å². The molecule has 310 valence electrons. The Bertz CT molecular complexity index is 3630. The Morgan fingerprint density at radius 2 is 0.515 bits per heavy atom. The summed E-state index contributed by atoms with van der Waals surface area (Å²) in [6.45, 7) is 0. The SMILES string of the molecule is c1ccc(-c2nc(-c3ccccc3)n(-n3c4ccccc4c4c5c6ccccc6n(-n6c(-c7ccccc7)nc(-c7ccccc7)c6-c6ccccc6)c5ccc43)c2-c2ccccc2)cc1. The van der Waals surface area contributed by atoms with Crippen molar-refractivity contribution in [3.8, 4) is 67.8 Å². The van der Waals surface area contributed by atoms with E-state index < -0.39 is 0 Å². The molecule has 0 unspecified atom stereocenters. The molecule has 4 heterocycles. The van der Waals surface area contributed by atoms with Crippen molar-refractivity contribution in [2.45, 2.75) is 0 Å². The molecular formula is C60H40N6. The van der Waals surface area contributed by atoms with Crippen LogP contribution in [0.4, 0.5) is 0 Å². The third-order valence-corrected chi connectivity index (χ3v) is 12.8. The number of para-hydroxylation sites is 2. The first-order valence-electron chi connectivity index (χ1n) is 22.4. The lowest BCUT2D eigenvalue weighted by Crippen LogP contribution is -2.13. The van der Waals surface area contributed by atoms with Gasteiger partial charge in [0.25, 0.3) is 0 Å². The number of hydrogen-bond donors (Lipinski definition) is 0. The highest BCUT2D eigenvalue weighted by atomic mass is 15.5. The van der Waals surface area contributed by atoms with Crippen LogP contribution in [0.2, 0.25) is 0 Å². The molecule has 13 rings (SSSR count). The van der Waals surface area contributed by atoms with E-state index in [1.165, 1.54) is 0 Å². The molecule has 13 aromatic rings. The Morgan fingerprint density at radius 3 is 0.864 bits per heavy atom. The van der Waals surface area contributed by atoms with Crippen LogP contribution in [0, 0.1) is 0 Å². The van der Waals surface area contributed by atoms with Crippen molar-refractivity contribution in [1.82, 2.24) is 28.7 Å². The maximum Gasteiger partial charge on any atom is 0.160 e.